The molecule has 0 bridgehead atoms. The van der Waals surface area contributed by atoms with Gasteiger partial charge in [0.15, 0.2) is 0 Å². The molecule has 1 atom stereocenters. The molecular formula is C15H19F2NO2. The standard InChI is InChI=1S/C15H19F2NO2/c16-12-5-3-11(14(17)10-12)4-6-15(20)18-8-1-2-13(19)7-9-18/h3,5,10,13,19H,1-2,4,6-9H2/t13-/m0/s1. The van der Waals surface area contributed by atoms with E-state index in [9.17, 15) is 18.7 Å². The number of aryl methyl sites for hydroxylation is 1. The zero-order valence-corrected chi connectivity index (χ0v) is 11.3. The van der Waals surface area contributed by atoms with Crippen LogP contribution in [0.5, 0.6) is 0 Å². The van der Waals surface area contributed by atoms with Gasteiger partial charge in [0.05, 0.1) is 6.10 Å². The Morgan fingerprint density at radius 1 is 1.30 bits per heavy atom. The molecule has 0 aliphatic carbocycles. The molecule has 1 heterocycles. The molecule has 1 aromatic rings. The summed E-state index contributed by atoms with van der Waals surface area (Å²) >= 11 is 0. The Morgan fingerprint density at radius 2 is 2.10 bits per heavy atom. The number of hydrogen-bond donors (Lipinski definition) is 1. The lowest BCUT2D eigenvalue weighted by atomic mass is 10.1. The van der Waals surface area contributed by atoms with Crippen LogP contribution in [0.4, 0.5) is 8.78 Å². The van der Waals surface area contributed by atoms with Crippen molar-refractivity contribution in [1.82, 2.24) is 4.90 Å². The van der Waals surface area contributed by atoms with Crippen molar-refractivity contribution in [3.63, 3.8) is 0 Å². The molecule has 1 amide bonds. The van der Waals surface area contributed by atoms with Gasteiger partial charge in [0.25, 0.3) is 0 Å². The van der Waals surface area contributed by atoms with Crippen LogP contribution in [0.15, 0.2) is 18.2 Å². The zero-order valence-electron chi connectivity index (χ0n) is 11.3. The van der Waals surface area contributed by atoms with Crippen molar-refractivity contribution in [2.75, 3.05) is 13.1 Å². The first-order valence-electron chi connectivity index (χ1n) is 6.96. The van der Waals surface area contributed by atoms with Gasteiger partial charge in [-0.25, -0.2) is 8.78 Å². The Kier molecular flexibility index (Phi) is 5.06. The first kappa shape index (κ1) is 14.9. The maximum Gasteiger partial charge on any atom is 0.222 e. The number of likely N-dealkylation sites (tertiary alicyclic amines) is 1. The molecule has 0 unspecified atom stereocenters. The molecular weight excluding hydrogens is 264 g/mol. The van der Waals surface area contributed by atoms with Gasteiger partial charge in [-0.1, -0.05) is 6.07 Å². The summed E-state index contributed by atoms with van der Waals surface area (Å²) in [6.45, 7) is 1.19. The molecule has 0 saturated carbocycles. The van der Waals surface area contributed by atoms with Gasteiger partial charge in [0.2, 0.25) is 5.91 Å². The fourth-order valence-electron chi connectivity index (χ4n) is 2.45. The second-order valence-corrected chi connectivity index (χ2v) is 5.20. The third kappa shape index (κ3) is 4.00. The summed E-state index contributed by atoms with van der Waals surface area (Å²) in [5.41, 5.74) is 0.356. The molecule has 0 spiro atoms. The summed E-state index contributed by atoms with van der Waals surface area (Å²) in [4.78, 5) is 13.8. The number of halogens is 2. The molecule has 1 aliphatic rings. The molecule has 1 N–H and O–H groups in total. The van der Waals surface area contributed by atoms with Gasteiger partial charge in [-0.05, 0) is 37.3 Å². The third-order valence-electron chi connectivity index (χ3n) is 3.67. The average Bonchev–Trinajstić information content (AvgIpc) is 2.62. The van der Waals surface area contributed by atoms with E-state index in [1.165, 1.54) is 12.1 Å². The normalized spacial score (nSPS) is 19.8. The van der Waals surface area contributed by atoms with Crippen molar-refractivity contribution < 1.29 is 18.7 Å². The number of carbonyl (C=O) groups is 1. The van der Waals surface area contributed by atoms with E-state index in [1.807, 2.05) is 0 Å². The molecule has 20 heavy (non-hydrogen) atoms. The van der Waals surface area contributed by atoms with Crippen LogP contribution in [0.2, 0.25) is 0 Å². The Morgan fingerprint density at radius 3 is 2.85 bits per heavy atom. The van der Waals surface area contributed by atoms with E-state index in [1.54, 1.807) is 4.90 Å². The topological polar surface area (TPSA) is 40.5 Å². The summed E-state index contributed by atoms with van der Waals surface area (Å²) in [6, 6.07) is 3.41. The van der Waals surface area contributed by atoms with Crippen LogP contribution in [0.1, 0.15) is 31.2 Å². The maximum atomic E-state index is 13.5. The number of hydrogen-bond acceptors (Lipinski definition) is 2. The maximum absolute atomic E-state index is 13.5. The molecule has 0 aromatic heterocycles. The van der Waals surface area contributed by atoms with E-state index in [0.29, 0.717) is 25.1 Å². The highest BCUT2D eigenvalue weighted by atomic mass is 19.1. The molecule has 1 saturated heterocycles. The molecule has 1 aliphatic heterocycles. The van der Waals surface area contributed by atoms with Crippen molar-refractivity contribution in [2.24, 2.45) is 0 Å². The smallest absolute Gasteiger partial charge is 0.222 e. The highest BCUT2D eigenvalue weighted by Gasteiger charge is 2.19. The van der Waals surface area contributed by atoms with Crippen LogP contribution in [0.25, 0.3) is 0 Å². The molecule has 3 nitrogen and oxygen atoms in total. The van der Waals surface area contributed by atoms with Gasteiger partial charge in [-0.2, -0.15) is 0 Å². The van der Waals surface area contributed by atoms with E-state index >= 15 is 0 Å². The molecule has 110 valence electrons. The summed E-state index contributed by atoms with van der Waals surface area (Å²) in [7, 11) is 0. The quantitative estimate of drug-likeness (QED) is 0.924. The van der Waals surface area contributed by atoms with Gasteiger partial charge < -0.3 is 10.0 Å². The monoisotopic (exact) mass is 283 g/mol. The lowest BCUT2D eigenvalue weighted by molar-refractivity contribution is -0.131. The Hall–Kier alpha value is -1.49. The molecule has 2 rings (SSSR count). The highest BCUT2D eigenvalue weighted by molar-refractivity contribution is 5.76. The van der Waals surface area contributed by atoms with Gasteiger partial charge in [0.1, 0.15) is 11.6 Å². The van der Waals surface area contributed by atoms with Crippen LogP contribution < -0.4 is 0 Å². The van der Waals surface area contributed by atoms with E-state index < -0.39 is 11.6 Å². The van der Waals surface area contributed by atoms with Gasteiger partial charge in [0, 0.05) is 25.6 Å². The number of aliphatic hydroxyl groups excluding tert-OH is 1. The minimum absolute atomic E-state index is 0.0391. The molecule has 1 fully saturated rings. The van der Waals surface area contributed by atoms with Gasteiger partial charge in [-0.3, -0.25) is 4.79 Å². The Bertz CT molecular complexity index is 479. The number of nitrogens with zero attached hydrogens (tertiary/aromatic N) is 1. The minimum Gasteiger partial charge on any atom is -0.393 e. The number of aliphatic hydroxyl groups is 1. The van der Waals surface area contributed by atoms with E-state index in [0.717, 1.165) is 18.9 Å². The Labute approximate surface area is 117 Å². The predicted octanol–water partition coefficient (Wildman–Crippen LogP) is 2.27. The summed E-state index contributed by atoms with van der Waals surface area (Å²) in [5, 5.41) is 9.54. The van der Waals surface area contributed by atoms with E-state index in [2.05, 4.69) is 0 Å². The molecule has 1 aromatic carbocycles. The van der Waals surface area contributed by atoms with Crippen LogP contribution in [0.3, 0.4) is 0 Å². The van der Waals surface area contributed by atoms with Crippen molar-refractivity contribution in [3.05, 3.63) is 35.4 Å². The van der Waals surface area contributed by atoms with E-state index in [4.69, 9.17) is 0 Å². The van der Waals surface area contributed by atoms with Gasteiger partial charge >= 0.3 is 0 Å². The lowest BCUT2D eigenvalue weighted by Gasteiger charge is -2.20. The average molecular weight is 283 g/mol. The van der Waals surface area contributed by atoms with Crippen molar-refractivity contribution in [3.8, 4) is 0 Å². The first-order chi connectivity index (χ1) is 9.56. The minimum atomic E-state index is -0.612. The van der Waals surface area contributed by atoms with Crippen LogP contribution >= 0.6 is 0 Å². The zero-order chi connectivity index (χ0) is 14.5. The summed E-state index contributed by atoms with van der Waals surface area (Å²) in [5.74, 6) is -1.26. The van der Waals surface area contributed by atoms with Crippen LogP contribution in [-0.2, 0) is 11.2 Å². The van der Waals surface area contributed by atoms with E-state index in [-0.39, 0.29) is 24.9 Å². The van der Waals surface area contributed by atoms with Crippen molar-refractivity contribution in [2.45, 2.75) is 38.2 Å². The summed E-state index contributed by atoms with van der Waals surface area (Å²) < 4.78 is 26.2. The second kappa shape index (κ2) is 6.79. The van der Waals surface area contributed by atoms with Gasteiger partial charge in [-0.15, -0.1) is 0 Å². The number of rotatable bonds is 3. The highest BCUT2D eigenvalue weighted by Crippen LogP contribution is 2.15. The number of carbonyl (C=O) groups excluding carboxylic acids is 1. The third-order valence-corrected chi connectivity index (χ3v) is 3.67. The number of amides is 1. The number of benzene rings is 1. The van der Waals surface area contributed by atoms with Crippen molar-refractivity contribution in [1.29, 1.82) is 0 Å². The Balaban J connectivity index is 1.88. The first-order valence-corrected chi connectivity index (χ1v) is 6.96. The van der Waals surface area contributed by atoms with Crippen LogP contribution in [-0.4, -0.2) is 35.1 Å². The fourth-order valence-corrected chi connectivity index (χ4v) is 2.45. The second-order valence-electron chi connectivity index (χ2n) is 5.20. The molecule has 0 radical (unpaired) electrons. The van der Waals surface area contributed by atoms with Crippen molar-refractivity contribution >= 4 is 5.91 Å². The fraction of sp³-hybridized carbons (Fsp3) is 0.533. The van der Waals surface area contributed by atoms with Crippen LogP contribution in [0, 0.1) is 11.6 Å². The lowest BCUT2D eigenvalue weighted by Crippen LogP contribution is -2.32. The summed E-state index contributed by atoms with van der Waals surface area (Å²) in [6.07, 6.45) is 2.25. The predicted molar refractivity (Wildman–Crippen MR) is 71.1 cm³/mol. The molecule has 5 heteroatoms. The SMILES string of the molecule is O=C(CCc1ccc(F)cc1F)N1CCC[C@H](O)CC1. The largest absolute Gasteiger partial charge is 0.393 e.